The third-order valence-electron chi connectivity index (χ3n) is 7.41. The molecule has 1 aliphatic heterocycles. The van der Waals surface area contributed by atoms with Gasteiger partial charge >= 0.3 is 6.03 Å². The molecular weight excluding hydrogens is 476 g/mol. The molecule has 5 rings (SSSR count). The molecule has 2 amide bonds. The van der Waals surface area contributed by atoms with E-state index in [0.29, 0.717) is 31.2 Å². The third kappa shape index (κ3) is 6.52. The van der Waals surface area contributed by atoms with Gasteiger partial charge in [0.15, 0.2) is 0 Å². The maximum Gasteiger partial charge on any atom is 0.317 e. The van der Waals surface area contributed by atoms with Crippen molar-refractivity contribution >= 4 is 6.03 Å². The average Bonchev–Trinajstić information content (AvgIpc) is 3.75. The zero-order valence-corrected chi connectivity index (χ0v) is 21.8. The predicted molar refractivity (Wildman–Crippen MR) is 146 cm³/mol. The van der Waals surface area contributed by atoms with Gasteiger partial charge in [-0.25, -0.2) is 4.79 Å². The summed E-state index contributed by atoms with van der Waals surface area (Å²) in [6.45, 7) is 4.13. The number of rotatable bonds is 9. The maximum absolute atomic E-state index is 12.9. The van der Waals surface area contributed by atoms with Crippen LogP contribution in [0, 0.1) is 11.3 Å². The first-order valence-corrected chi connectivity index (χ1v) is 13.2. The lowest BCUT2D eigenvalue weighted by Crippen LogP contribution is -2.52. The van der Waals surface area contributed by atoms with Gasteiger partial charge in [0.2, 0.25) is 0 Å². The van der Waals surface area contributed by atoms with Crippen molar-refractivity contribution in [1.29, 1.82) is 5.26 Å². The van der Waals surface area contributed by atoms with Crippen molar-refractivity contribution in [2.45, 2.75) is 31.1 Å². The summed E-state index contributed by atoms with van der Waals surface area (Å²) in [6.07, 6.45) is 0.855. The zero-order chi connectivity index (χ0) is 26.3. The molecule has 38 heavy (non-hydrogen) atoms. The van der Waals surface area contributed by atoms with E-state index in [9.17, 15) is 4.79 Å². The molecule has 7 heteroatoms. The van der Waals surface area contributed by atoms with E-state index in [-0.39, 0.29) is 18.2 Å². The van der Waals surface area contributed by atoms with Crippen molar-refractivity contribution in [2.75, 3.05) is 39.8 Å². The molecule has 196 valence electrons. The van der Waals surface area contributed by atoms with Gasteiger partial charge in [-0.2, -0.15) is 5.26 Å². The van der Waals surface area contributed by atoms with Crippen LogP contribution in [0.1, 0.15) is 40.7 Å². The molecule has 0 aromatic heterocycles. The Hall–Kier alpha value is -3.86. The average molecular weight is 511 g/mol. The zero-order valence-electron chi connectivity index (χ0n) is 21.8. The maximum atomic E-state index is 12.9. The molecule has 2 fully saturated rings. The molecule has 2 unspecified atom stereocenters. The standard InChI is InChI=1S/C31H34N4O3/c1-37-27-9-5-8-26(18-27)30(38-22-24-12-10-23(20-32)11-13-24)21-34-14-16-35(17-15-34)31(36)33-29-19-28(29)25-6-3-2-4-7-25/h2-13,18,28-30H,14-17,19,21-22H2,1H3,(H,33,36)/t28-,29?,30?/m0/s1. The van der Waals surface area contributed by atoms with Crippen LogP contribution in [0.15, 0.2) is 78.9 Å². The van der Waals surface area contributed by atoms with E-state index in [1.807, 2.05) is 53.4 Å². The second kappa shape index (κ2) is 12.1. The predicted octanol–water partition coefficient (Wildman–Crippen LogP) is 4.71. The molecule has 1 aliphatic carbocycles. The van der Waals surface area contributed by atoms with Gasteiger partial charge in [0, 0.05) is 44.7 Å². The first-order valence-electron chi connectivity index (χ1n) is 13.2. The Balaban J connectivity index is 1.15. The second-order valence-corrected chi connectivity index (χ2v) is 9.98. The highest BCUT2D eigenvalue weighted by molar-refractivity contribution is 5.75. The molecular formula is C31H34N4O3. The quantitative estimate of drug-likeness (QED) is 0.451. The highest BCUT2D eigenvalue weighted by atomic mass is 16.5. The minimum absolute atomic E-state index is 0.0366. The lowest BCUT2D eigenvalue weighted by Gasteiger charge is -2.36. The molecule has 0 spiro atoms. The van der Waals surface area contributed by atoms with Crippen LogP contribution in [0.3, 0.4) is 0 Å². The highest BCUT2D eigenvalue weighted by Crippen LogP contribution is 2.40. The summed E-state index contributed by atoms with van der Waals surface area (Å²) in [5.41, 5.74) is 4.01. The molecule has 3 atom stereocenters. The SMILES string of the molecule is COc1cccc(C(CN2CCN(C(=O)NC3C[C@H]3c3ccccc3)CC2)OCc2ccc(C#N)cc2)c1. The Morgan fingerprint density at radius 1 is 1.03 bits per heavy atom. The van der Waals surface area contributed by atoms with Crippen molar-refractivity contribution in [2.24, 2.45) is 0 Å². The number of methoxy groups -OCH3 is 1. The molecule has 0 bridgehead atoms. The molecule has 7 nitrogen and oxygen atoms in total. The number of carbonyl (C=O) groups is 1. The van der Waals surface area contributed by atoms with Gasteiger partial charge in [0.05, 0.1) is 31.5 Å². The highest BCUT2D eigenvalue weighted by Gasteiger charge is 2.40. The molecule has 1 saturated heterocycles. The fraction of sp³-hybridized carbons (Fsp3) is 0.355. The Bertz CT molecular complexity index is 1250. The van der Waals surface area contributed by atoms with E-state index in [4.69, 9.17) is 14.7 Å². The lowest BCUT2D eigenvalue weighted by molar-refractivity contribution is 0.00546. The first-order chi connectivity index (χ1) is 18.6. The molecule has 0 radical (unpaired) electrons. The van der Waals surface area contributed by atoms with E-state index in [1.165, 1.54) is 5.56 Å². The fourth-order valence-corrected chi connectivity index (χ4v) is 5.01. The summed E-state index contributed by atoms with van der Waals surface area (Å²) in [4.78, 5) is 17.2. The van der Waals surface area contributed by atoms with Gasteiger partial charge in [-0.05, 0) is 47.4 Å². The van der Waals surface area contributed by atoms with Gasteiger partial charge in [0.25, 0.3) is 0 Å². The van der Waals surface area contributed by atoms with Crippen LogP contribution in [0.25, 0.3) is 0 Å². The smallest absolute Gasteiger partial charge is 0.317 e. The number of urea groups is 1. The van der Waals surface area contributed by atoms with E-state index in [2.05, 4.69) is 46.6 Å². The summed E-state index contributed by atoms with van der Waals surface area (Å²) in [5, 5.41) is 12.3. The van der Waals surface area contributed by atoms with Crippen molar-refractivity contribution in [3.05, 3.63) is 101 Å². The fourth-order valence-electron chi connectivity index (χ4n) is 5.01. The van der Waals surface area contributed by atoms with Gasteiger partial charge in [-0.15, -0.1) is 0 Å². The van der Waals surface area contributed by atoms with Crippen molar-refractivity contribution in [3.8, 4) is 11.8 Å². The Morgan fingerprint density at radius 3 is 2.50 bits per heavy atom. The summed E-state index contributed by atoms with van der Waals surface area (Å²) >= 11 is 0. The number of piperazine rings is 1. The largest absolute Gasteiger partial charge is 0.497 e. The van der Waals surface area contributed by atoms with Crippen LogP contribution in [0.5, 0.6) is 5.75 Å². The molecule has 3 aromatic carbocycles. The van der Waals surface area contributed by atoms with Crippen LogP contribution >= 0.6 is 0 Å². The van der Waals surface area contributed by atoms with Gasteiger partial charge in [-0.1, -0.05) is 54.6 Å². The molecule has 1 heterocycles. The minimum atomic E-state index is -0.154. The van der Waals surface area contributed by atoms with Crippen molar-refractivity contribution < 1.29 is 14.3 Å². The number of nitrogens with zero attached hydrogens (tertiary/aromatic N) is 3. The number of carbonyl (C=O) groups excluding carboxylic acids is 1. The third-order valence-corrected chi connectivity index (χ3v) is 7.41. The van der Waals surface area contributed by atoms with E-state index >= 15 is 0 Å². The van der Waals surface area contributed by atoms with Gasteiger partial charge < -0.3 is 19.7 Å². The van der Waals surface area contributed by atoms with Crippen LogP contribution in [0.4, 0.5) is 4.79 Å². The number of benzene rings is 3. The number of hydrogen-bond donors (Lipinski definition) is 1. The summed E-state index contributed by atoms with van der Waals surface area (Å²) in [5.74, 6) is 1.23. The first kappa shape index (κ1) is 25.8. The van der Waals surface area contributed by atoms with Crippen LogP contribution < -0.4 is 10.1 Å². The van der Waals surface area contributed by atoms with Crippen molar-refractivity contribution in [1.82, 2.24) is 15.1 Å². The van der Waals surface area contributed by atoms with Gasteiger partial charge in [0.1, 0.15) is 5.75 Å². The molecule has 1 N–H and O–H groups in total. The Morgan fingerprint density at radius 2 is 1.79 bits per heavy atom. The number of hydrogen-bond acceptors (Lipinski definition) is 5. The van der Waals surface area contributed by atoms with E-state index < -0.39 is 0 Å². The van der Waals surface area contributed by atoms with Crippen LogP contribution in [-0.4, -0.2) is 61.7 Å². The normalized spacial score (nSPS) is 19.8. The summed E-state index contributed by atoms with van der Waals surface area (Å²) in [6, 6.07) is 28.3. The summed E-state index contributed by atoms with van der Waals surface area (Å²) in [7, 11) is 1.67. The number of amides is 2. The number of ether oxygens (including phenoxy) is 2. The molecule has 1 saturated carbocycles. The van der Waals surface area contributed by atoms with Crippen LogP contribution in [-0.2, 0) is 11.3 Å². The molecule has 2 aliphatic rings. The topological polar surface area (TPSA) is 77.8 Å². The van der Waals surface area contributed by atoms with E-state index in [1.54, 1.807) is 7.11 Å². The lowest BCUT2D eigenvalue weighted by atomic mass is 10.1. The van der Waals surface area contributed by atoms with Gasteiger partial charge in [-0.3, -0.25) is 4.90 Å². The summed E-state index contributed by atoms with van der Waals surface area (Å²) < 4.78 is 11.9. The Labute approximate surface area is 224 Å². The second-order valence-electron chi connectivity index (χ2n) is 9.98. The van der Waals surface area contributed by atoms with E-state index in [0.717, 1.165) is 42.9 Å². The monoisotopic (exact) mass is 510 g/mol. The minimum Gasteiger partial charge on any atom is -0.497 e. The van der Waals surface area contributed by atoms with Crippen LogP contribution in [0.2, 0.25) is 0 Å². The Kier molecular flexibility index (Phi) is 8.22. The number of nitriles is 1. The van der Waals surface area contributed by atoms with Crippen molar-refractivity contribution in [3.63, 3.8) is 0 Å². The number of nitrogens with one attached hydrogen (secondary N) is 1. The molecule has 3 aromatic rings.